The van der Waals surface area contributed by atoms with Crippen molar-refractivity contribution in [2.45, 2.75) is 12.6 Å². The first kappa shape index (κ1) is 14.0. The van der Waals surface area contributed by atoms with Crippen LogP contribution in [0.2, 0.25) is 0 Å². The van der Waals surface area contributed by atoms with Crippen LogP contribution in [0.3, 0.4) is 0 Å². The number of aromatic carboxylic acids is 1. The molecule has 0 bridgehead atoms. The van der Waals surface area contributed by atoms with Gasteiger partial charge in [0.05, 0.1) is 11.1 Å². The number of carbonyl (C=O) groups is 2. The fraction of sp³-hybridized carbons (Fsp3) is 0.167. The Balaban J connectivity index is 3.21. The molecule has 0 unspecified atom stereocenters. The van der Waals surface area contributed by atoms with Crippen LogP contribution in [0.15, 0.2) is 24.3 Å². The highest BCUT2D eigenvalue weighted by Crippen LogP contribution is 2.30. The van der Waals surface area contributed by atoms with Gasteiger partial charge in [-0.1, -0.05) is 18.2 Å². The maximum absolute atomic E-state index is 12.4. The summed E-state index contributed by atoms with van der Waals surface area (Å²) in [5.41, 5.74) is -1.35. The topological polar surface area (TPSA) is 54.4 Å². The molecule has 18 heavy (non-hydrogen) atoms. The molecular weight excluding hydrogens is 249 g/mol. The Kier molecular flexibility index (Phi) is 4.25. The van der Waals surface area contributed by atoms with E-state index in [9.17, 15) is 22.8 Å². The zero-order valence-corrected chi connectivity index (χ0v) is 9.07. The Morgan fingerprint density at radius 3 is 2.50 bits per heavy atom. The molecule has 1 aromatic carbocycles. The average molecular weight is 258 g/mol. The number of rotatable bonds is 4. The van der Waals surface area contributed by atoms with Gasteiger partial charge in [0.15, 0.2) is 0 Å². The normalized spacial score (nSPS) is 11.7. The summed E-state index contributed by atoms with van der Waals surface area (Å²) in [5.74, 6) is -1.45. The van der Waals surface area contributed by atoms with Crippen molar-refractivity contribution in [1.29, 1.82) is 0 Å². The van der Waals surface area contributed by atoms with Crippen LogP contribution in [0.4, 0.5) is 13.2 Å². The largest absolute Gasteiger partial charge is 0.478 e. The number of carboxylic acid groups (broad SMARTS) is 1. The number of aldehydes is 1. The van der Waals surface area contributed by atoms with E-state index in [2.05, 4.69) is 0 Å². The smallest absolute Gasteiger partial charge is 0.416 e. The van der Waals surface area contributed by atoms with Gasteiger partial charge in [-0.3, -0.25) is 0 Å². The van der Waals surface area contributed by atoms with Crippen molar-refractivity contribution in [3.8, 4) is 0 Å². The summed E-state index contributed by atoms with van der Waals surface area (Å²) in [5, 5.41) is 8.84. The molecule has 0 radical (unpaired) electrons. The maximum Gasteiger partial charge on any atom is 0.416 e. The van der Waals surface area contributed by atoms with Crippen LogP contribution in [0.5, 0.6) is 0 Å². The van der Waals surface area contributed by atoms with E-state index in [0.29, 0.717) is 12.4 Å². The van der Waals surface area contributed by atoms with Crippen LogP contribution in [0.1, 0.15) is 27.9 Å². The molecule has 0 atom stereocenters. The molecule has 1 N–H and O–H groups in total. The number of hydrogen-bond acceptors (Lipinski definition) is 2. The summed E-state index contributed by atoms with van der Waals surface area (Å²) in [6, 6.07) is 2.43. The van der Waals surface area contributed by atoms with Crippen LogP contribution < -0.4 is 0 Å². The van der Waals surface area contributed by atoms with Gasteiger partial charge in [0, 0.05) is 6.42 Å². The van der Waals surface area contributed by atoms with Gasteiger partial charge in [-0.25, -0.2) is 4.79 Å². The van der Waals surface area contributed by atoms with E-state index in [1.54, 1.807) is 0 Å². The molecule has 0 aliphatic rings. The zero-order valence-electron chi connectivity index (χ0n) is 9.07. The lowest BCUT2D eigenvalue weighted by molar-refractivity contribution is -0.137. The van der Waals surface area contributed by atoms with Crippen molar-refractivity contribution in [1.82, 2.24) is 0 Å². The molecule has 6 heteroatoms. The standard InChI is InChI=1S/C12H9F3O3/c13-12(14,15)9-5-4-8(3-1-2-6-16)10(7-9)11(17)18/h1,3-7H,2H2,(H,17,18). The van der Waals surface area contributed by atoms with Crippen molar-refractivity contribution in [3.63, 3.8) is 0 Å². The molecule has 0 spiro atoms. The summed E-state index contributed by atoms with van der Waals surface area (Å²) in [6.07, 6.45) is -1.24. The van der Waals surface area contributed by atoms with Gasteiger partial charge in [0.1, 0.15) is 6.29 Å². The first-order valence-corrected chi connectivity index (χ1v) is 4.91. The number of alkyl halides is 3. The molecule has 0 saturated carbocycles. The fourth-order valence-corrected chi connectivity index (χ4v) is 1.31. The van der Waals surface area contributed by atoms with Crippen molar-refractivity contribution < 1.29 is 27.9 Å². The molecular formula is C12H9F3O3. The quantitative estimate of drug-likeness (QED) is 0.844. The minimum absolute atomic E-state index is 0.0695. The van der Waals surface area contributed by atoms with Gasteiger partial charge in [-0.15, -0.1) is 0 Å². The number of allylic oxidation sites excluding steroid dienone is 1. The van der Waals surface area contributed by atoms with E-state index in [0.717, 1.165) is 12.1 Å². The second kappa shape index (κ2) is 5.48. The van der Waals surface area contributed by atoms with Crippen molar-refractivity contribution in [2.75, 3.05) is 0 Å². The first-order chi connectivity index (χ1) is 8.36. The Hall–Kier alpha value is -2.11. The molecule has 0 aliphatic carbocycles. The van der Waals surface area contributed by atoms with Crippen LogP contribution in [0.25, 0.3) is 6.08 Å². The highest BCUT2D eigenvalue weighted by molar-refractivity contribution is 5.92. The number of carboxylic acids is 1. The van der Waals surface area contributed by atoms with Crippen LogP contribution in [-0.4, -0.2) is 17.4 Å². The Labute approximate surface area is 101 Å². The fourth-order valence-electron chi connectivity index (χ4n) is 1.31. The average Bonchev–Trinajstić information content (AvgIpc) is 2.28. The second-order valence-electron chi connectivity index (χ2n) is 3.41. The molecule has 1 aromatic rings. The molecule has 96 valence electrons. The van der Waals surface area contributed by atoms with E-state index in [1.165, 1.54) is 12.2 Å². The van der Waals surface area contributed by atoms with Crippen LogP contribution in [-0.2, 0) is 11.0 Å². The Bertz CT molecular complexity index is 490. The summed E-state index contributed by atoms with van der Waals surface area (Å²) in [7, 11) is 0. The molecule has 0 heterocycles. The maximum atomic E-state index is 12.4. The van der Waals surface area contributed by atoms with Gasteiger partial charge >= 0.3 is 12.1 Å². The molecule has 3 nitrogen and oxygen atoms in total. The second-order valence-corrected chi connectivity index (χ2v) is 3.41. The van der Waals surface area contributed by atoms with Gasteiger partial charge in [-0.2, -0.15) is 13.2 Å². The summed E-state index contributed by atoms with van der Waals surface area (Å²) in [6.45, 7) is 0. The third-order valence-corrected chi connectivity index (χ3v) is 2.14. The number of benzene rings is 1. The molecule has 0 aromatic heterocycles. The van der Waals surface area contributed by atoms with Gasteiger partial charge in [0.2, 0.25) is 0 Å². The third kappa shape index (κ3) is 3.44. The monoisotopic (exact) mass is 258 g/mol. The predicted molar refractivity (Wildman–Crippen MR) is 58.1 cm³/mol. The molecule has 1 rings (SSSR count). The van der Waals surface area contributed by atoms with E-state index >= 15 is 0 Å². The van der Waals surface area contributed by atoms with Gasteiger partial charge in [0.25, 0.3) is 0 Å². The van der Waals surface area contributed by atoms with Crippen LogP contribution in [0, 0.1) is 0 Å². The van der Waals surface area contributed by atoms with E-state index in [-0.39, 0.29) is 12.0 Å². The lowest BCUT2D eigenvalue weighted by atomic mass is 10.0. The van der Waals surface area contributed by atoms with Crippen molar-refractivity contribution in [2.24, 2.45) is 0 Å². The number of carbonyl (C=O) groups excluding carboxylic acids is 1. The third-order valence-electron chi connectivity index (χ3n) is 2.14. The predicted octanol–water partition coefficient (Wildman–Crippen LogP) is 3.01. The minimum Gasteiger partial charge on any atom is -0.478 e. The van der Waals surface area contributed by atoms with Crippen molar-refractivity contribution in [3.05, 3.63) is 41.0 Å². The summed E-state index contributed by atoms with van der Waals surface area (Å²) >= 11 is 0. The summed E-state index contributed by atoms with van der Waals surface area (Å²) < 4.78 is 37.2. The highest BCUT2D eigenvalue weighted by atomic mass is 19.4. The lowest BCUT2D eigenvalue weighted by Gasteiger charge is -2.09. The Morgan fingerprint density at radius 1 is 1.33 bits per heavy atom. The van der Waals surface area contributed by atoms with E-state index in [1.807, 2.05) is 0 Å². The van der Waals surface area contributed by atoms with Crippen molar-refractivity contribution >= 4 is 18.3 Å². The first-order valence-electron chi connectivity index (χ1n) is 4.91. The SMILES string of the molecule is O=CCC=Cc1ccc(C(F)(F)F)cc1C(=O)O. The van der Waals surface area contributed by atoms with Gasteiger partial charge < -0.3 is 9.90 Å². The Morgan fingerprint density at radius 2 is 2.00 bits per heavy atom. The van der Waals surface area contributed by atoms with Crippen LogP contribution >= 0.6 is 0 Å². The zero-order chi connectivity index (χ0) is 13.8. The van der Waals surface area contributed by atoms with E-state index in [4.69, 9.17) is 5.11 Å². The molecule has 0 amide bonds. The number of halogens is 3. The molecule has 0 fully saturated rings. The van der Waals surface area contributed by atoms with E-state index < -0.39 is 23.3 Å². The number of hydrogen-bond donors (Lipinski definition) is 1. The highest BCUT2D eigenvalue weighted by Gasteiger charge is 2.31. The lowest BCUT2D eigenvalue weighted by Crippen LogP contribution is -2.08. The minimum atomic E-state index is -4.59. The molecule has 0 aliphatic heterocycles. The van der Waals surface area contributed by atoms with Gasteiger partial charge in [-0.05, 0) is 17.7 Å². The molecule has 0 saturated heterocycles. The summed E-state index contributed by atoms with van der Waals surface area (Å²) in [4.78, 5) is 20.9.